The van der Waals surface area contributed by atoms with Crippen LogP contribution in [-0.4, -0.2) is 52.2 Å². The number of urea groups is 1. The maximum atomic E-state index is 12.6. The lowest BCUT2D eigenvalue weighted by atomic mass is 10.1. The van der Waals surface area contributed by atoms with Crippen molar-refractivity contribution in [1.29, 1.82) is 0 Å². The lowest BCUT2D eigenvalue weighted by Gasteiger charge is -2.34. The lowest BCUT2D eigenvalue weighted by molar-refractivity contribution is 0.195. The minimum absolute atomic E-state index is 0.0358. The van der Waals surface area contributed by atoms with Crippen molar-refractivity contribution < 1.29 is 13.2 Å². The Morgan fingerprint density at radius 1 is 1.42 bits per heavy atom. The largest absolute Gasteiger partial charge is 0.322 e. The number of hydrogen-bond acceptors (Lipinski definition) is 5. The van der Waals surface area contributed by atoms with Gasteiger partial charge >= 0.3 is 6.03 Å². The first-order valence-corrected chi connectivity index (χ1v) is 9.51. The molecular weight excluding hydrogens is 330 g/mol. The number of pyridine rings is 1. The van der Waals surface area contributed by atoms with Crippen molar-refractivity contribution in [2.75, 3.05) is 23.4 Å². The molecule has 0 saturated carbocycles. The summed E-state index contributed by atoms with van der Waals surface area (Å²) >= 11 is 0. The van der Waals surface area contributed by atoms with Gasteiger partial charge in [0, 0.05) is 31.0 Å². The van der Waals surface area contributed by atoms with E-state index in [0.717, 1.165) is 5.56 Å². The van der Waals surface area contributed by atoms with Crippen LogP contribution in [0.4, 0.5) is 10.5 Å². The van der Waals surface area contributed by atoms with Crippen molar-refractivity contribution in [1.82, 2.24) is 19.7 Å². The summed E-state index contributed by atoms with van der Waals surface area (Å²) in [7, 11) is -3.19. The first kappa shape index (κ1) is 16.4. The number of aromatic nitrogens is 3. The fourth-order valence-corrected chi connectivity index (χ4v) is 4.18. The van der Waals surface area contributed by atoms with E-state index in [-0.39, 0.29) is 24.1 Å². The molecule has 2 amide bonds. The van der Waals surface area contributed by atoms with Gasteiger partial charge in [-0.15, -0.1) is 0 Å². The summed E-state index contributed by atoms with van der Waals surface area (Å²) in [5, 5.41) is 6.95. The molecule has 1 N–H and O–H groups in total. The van der Waals surface area contributed by atoms with Crippen LogP contribution in [0.3, 0.4) is 0 Å². The monoisotopic (exact) mass is 349 g/mol. The highest BCUT2D eigenvalue weighted by Gasteiger charge is 2.35. The third-order valence-corrected chi connectivity index (χ3v) is 5.60. The molecule has 0 radical (unpaired) electrons. The number of carbonyl (C=O) groups excluding carboxylic acids is 1. The van der Waals surface area contributed by atoms with Crippen LogP contribution in [0.15, 0.2) is 36.9 Å². The molecule has 1 aliphatic rings. The standard InChI is InChI=1S/C15H19N5O3S/c1-2-19-10-12(8-17-19)14-11-24(22,23)7-6-20(14)15(21)18-13-4-3-5-16-9-13/h3-5,8-10,14H,2,6-7,11H2,1H3,(H,18,21)/t14-/m1/s1. The minimum atomic E-state index is -3.19. The van der Waals surface area contributed by atoms with Gasteiger partial charge in [-0.1, -0.05) is 0 Å². The summed E-state index contributed by atoms with van der Waals surface area (Å²) < 4.78 is 25.8. The maximum absolute atomic E-state index is 12.6. The molecule has 1 aliphatic heterocycles. The second-order valence-corrected chi connectivity index (χ2v) is 7.85. The highest BCUT2D eigenvalue weighted by molar-refractivity contribution is 7.91. The molecule has 24 heavy (non-hydrogen) atoms. The van der Waals surface area contributed by atoms with Crippen LogP contribution in [0.5, 0.6) is 0 Å². The average Bonchev–Trinajstić information content (AvgIpc) is 3.04. The van der Waals surface area contributed by atoms with Crippen LogP contribution in [-0.2, 0) is 16.4 Å². The SMILES string of the molecule is CCn1cc([C@H]2CS(=O)(=O)CCN2C(=O)Nc2cccnc2)cn1. The molecule has 0 spiro atoms. The molecule has 0 aliphatic carbocycles. The number of rotatable bonds is 3. The van der Waals surface area contributed by atoms with Gasteiger partial charge in [0.05, 0.1) is 35.6 Å². The van der Waals surface area contributed by atoms with Crippen LogP contribution in [0.1, 0.15) is 18.5 Å². The number of amides is 2. The Bertz CT molecular complexity index is 819. The Hall–Kier alpha value is -2.42. The van der Waals surface area contributed by atoms with Gasteiger partial charge in [0.2, 0.25) is 0 Å². The van der Waals surface area contributed by atoms with E-state index < -0.39 is 15.9 Å². The van der Waals surface area contributed by atoms with E-state index in [9.17, 15) is 13.2 Å². The van der Waals surface area contributed by atoms with Crippen molar-refractivity contribution in [2.45, 2.75) is 19.5 Å². The second-order valence-electron chi connectivity index (χ2n) is 5.62. The Morgan fingerprint density at radius 3 is 2.92 bits per heavy atom. The molecule has 0 aromatic carbocycles. The van der Waals surface area contributed by atoms with Crippen molar-refractivity contribution in [3.8, 4) is 0 Å². The average molecular weight is 349 g/mol. The number of nitrogens with zero attached hydrogens (tertiary/aromatic N) is 4. The molecule has 0 unspecified atom stereocenters. The molecular formula is C15H19N5O3S. The Kier molecular flexibility index (Phi) is 4.52. The second kappa shape index (κ2) is 6.60. The third kappa shape index (κ3) is 3.56. The molecule has 9 heteroatoms. The fraction of sp³-hybridized carbons (Fsp3) is 0.400. The zero-order chi connectivity index (χ0) is 17.2. The topological polar surface area (TPSA) is 97.2 Å². The normalized spacial score (nSPS) is 19.9. The van der Waals surface area contributed by atoms with E-state index in [4.69, 9.17) is 0 Å². The predicted octanol–water partition coefficient (Wildman–Crippen LogP) is 1.30. The van der Waals surface area contributed by atoms with E-state index in [2.05, 4.69) is 15.4 Å². The van der Waals surface area contributed by atoms with Crippen molar-refractivity contribution in [2.24, 2.45) is 0 Å². The summed E-state index contributed by atoms with van der Waals surface area (Å²) in [5.74, 6) is -0.130. The highest BCUT2D eigenvalue weighted by atomic mass is 32.2. The summed E-state index contributed by atoms with van der Waals surface area (Å²) in [5.41, 5.74) is 1.29. The Balaban J connectivity index is 1.84. The lowest BCUT2D eigenvalue weighted by Crippen LogP contribution is -2.47. The molecule has 128 valence electrons. The van der Waals surface area contributed by atoms with Gasteiger partial charge in [-0.3, -0.25) is 9.67 Å². The summed E-state index contributed by atoms with van der Waals surface area (Å²) in [4.78, 5) is 18.1. The van der Waals surface area contributed by atoms with E-state index in [1.807, 2.05) is 6.92 Å². The molecule has 2 aromatic heterocycles. The van der Waals surface area contributed by atoms with Gasteiger partial charge < -0.3 is 10.2 Å². The number of anilines is 1. The molecule has 2 aromatic rings. The highest BCUT2D eigenvalue weighted by Crippen LogP contribution is 2.27. The van der Waals surface area contributed by atoms with Gasteiger partial charge in [-0.05, 0) is 19.1 Å². The smallest absolute Gasteiger partial charge is 0.315 e. The number of aryl methyl sites for hydroxylation is 1. The fourth-order valence-electron chi connectivity index (χ4n) is 2.68. The van der Waals surface area contributed by atoms with Crippen LogP contribution in [0.2, 0.25) is 0 Å². The Morgan fingerprint density at radius 2 is 2.25 bits per heavy atom. The van der Waals surface area contributed by atoms with Crippen LogP contribution in [0, 0.1) is 0 Å². The van der Waals surface area contributed by atoms with Gasteiger partial charge in [0.15, 0.2) is 9.84 Å². The van der Waals surface area contributed by atoms with E-state index in [0.29, 0.717) is 12.2 Å². The number of carbonyl (C=O) groups is 1. The van der Waals surface area contributed by atoms with Crippen molar-refractivity contribution >= 4 is 21.6 Å². The van der Waals surface area contributed by atoms with Gasteiger partial charge in [0.25, 0.3) is 0 Å². The van der Waals surface area contributed by atoms with Crippen LogP contribution >= 0.6 is 0 Å². The van der Waals surface area contributed by atoms with Crippen molar-refractivity contribution in [3.63, 3.8) is 0 Å². The number of nitrogens with one attached hydrogen (secondary N) is 1. The van der Waals surface area contributed by atoms with E-state index in [1.54, 1.807) is 46.5 Å². The maximum Gasteiger partial charge on any atom is 0.322 e. The van der Waals surface area contributed by atoms with E-state index >= 15 is 0 Å². The third-order valence-electron chi connectivity index (χ3n) is 3.97. The zero-order valence-electron chi connectivity index (χ0n) is 13.3. The summed E-state index contributed by atoms with van der Waals surface area (Å²) in [6, 6.07) is 2.57. The van der Waals surface area contributed by atoms with Gasteiger partial charge in [-0.2, -0.15) is 5.10 Å². The first-order valence-electron chi connectivity index (χ1n) is 7.69. The molecule has 3 heterocycles. The quantitative estimate of drug-likeness (QED) is 0.901. The van der Waals surface area contributed by atoms with E-state index in [1.165, 1.54) is 0 Å². The number of hydrogen-bond donors (Lipinski definition) is 1. The zero-order valence-corrected chi connectivity index (χ0v) is 14.1. The number of sulfone groups is 1. The molecule has 8 nitrogen and oxygen atoms in total. The molecule has 1 fully saturated rings. The van der Waals surface area contributed by atoms with Gasteiger partial charge in [0.1, 0.15) is 0 Å². The van der Waals surface area contributed by atoms with Gasteiger partial charge in [-0.25, -0.2) is 13.2 Å². The van der Waals surface area contributed by atoms with Crippen LogP contribution in [0.25, 0.3) is 0 Å². The molecule has 1 atom stereocenters. The van der Waals surface area contributed by atoms with Crippen LogP contribution < -0.4 is 5.32 Å². The molecule has 3 rings (SSSR count). The predicted molar refractivity (Wildman–Crippen MR) is 89.3 cm³/mol. The summed E-state index contributed by atoms with van der Waals surface area (Å²) in [6.45, 7) is 2.78. The molecule has 1 saturated heterocycles. The minimum Gasteiger partial charge on any atom is -0.315 e. The summed E-state index contributed by atoms with van der Waals surface area (Å²) in [6.07, 6.45) is 6.57. The van der Waals surface area contributed by atoms with Crippen molar-refractivity contribution in [3.05, 3.63) is 42.5 Å². The first-order chi connectivity index (χ1) is 11.5. The molecule has 0 bridgehead atoms. The Labute approximate surface area is 140 Å².